The van der Waals surface area contributed by atoms with E-state index in [1.165, 1.54) is 7.11 Å². The molecule has 0 saturated carbocycles. The molecule has 0 fully saturated rings. The van der Waals surface area contributed by atoms with E-state index in [0.717, 1.165) is 12.3 Å². The monoisotopic (exact) mass is 191 g/mol. The molecule has 0 bridgehead atoms. The molecule has 1 rings (SSSR count). The van der Waals surface area contributed by atoms with Gasteiger partial charge in [0.05, 0.1) is 13.3 Å². The third-order valence-electron chi connectivity index (χ3n) is 1.19. The summed E-state index contributed by atoms with van der Waals surface area (Å²) in [7, 11) is 1.34. The van der Waals surface area contributed by atoms with E-state index in [4.69, 9.17) is 4.55 Å². The van der Waals surface area contributed by atoms with Crippen molar-refractivity contribution in [2.24, 2.45) is 0 Å². The minimum atomic E-state index is -2.35. The van der Waals surface area contributed by atoms with Gasteiger partial charge in [0.2, 0.25) is 5.88 Å². The number of hydrogen-bond donors (Lipinski definition) is 1. The molecule has 0 aliphatic rings. The van der Waals surface area contributed by atoms with E-state index in [2.05, 4.69) is 9.72 Å². The Kier molecular flexibility index (Phi) is 2.72. The maximum Gasteiger partial charge on any atom is 0.214 e. The Labute approximate surface area is 70.7 Å². The van der Waals surface area contributed by atoms with Gasteiger partial charge < -0.3 is 9.29 Å². The van der Waals surface area contributed by atoms with E-state index in [1.54, 1.807) is 0 Å². The van der Waals surface area contributed by atoms with Crippen LogP contribution in [0.1, 0.15) is 0 Å². The highest BCUT2D eigenvalue weighted by Gasteiger charge is 2.09. The molecule has 1 aromatic heterocycles. The standard InChI is InChI=1S/C6H6FNO3S/c1-11-6-2-5(12(9)10)4(7)3-8-6/h2-3H,1H3,(H,9,10). The van der Waals surface area contributed by atoms with Crippen molar-refractivity contribution in [2.45, 2.75) is 4.90 Å². The van der Waals surface area contributed by atoms with Crippen LogP contribution in [-0.2, 0) is 11.1 Å². The molecule has 0 radical (unpaired) electrons. The lowest BCUT2D eigenvalue weighted by molar-refractivity contribution is 0.392. The number of aromatic nitrogens is 1. The summed E-state index contributed by atoms with van der Waals surface area (Å²) >= 11 is -2.35. The van der Waals surface area contributed by atoms with Gasteiger partial charge in [-0.1, -0.05) is 0 Å². The van der Waals surface area contributed by atoms with Crippen LogP contribution < -0.4 is 4.74 Å². The van der Waals surface area contributed by atoms with E-state index >= 15 is 0 Å². The third-order valence-corrected chi connectivity index (χ3v) is 1.88. The van der Waals surface area contributed by atoms with Gasteiger partial charge in [-0.25, -0.2) is 13.6 Å². The van der Waals surface area contributed by atoms with Crippen molar-refractivity contribution in [2.75, 3.05) is 7.11 Å². The molecule has 12 heavy (non-hydrogen) atoms. The second-order valence-electron chi connectivity index (χ2n) is 1.91. The summed E-state index contributed by atoms with van der Waals surface area (Å²) in [4.78, 5) is 3.17. The Morgan fingerprint density at radius 2 is 2.42 bits per heavy atom. The van der Waals surface area contributed by atoms with Crippen molar-refractivity contribution >= 4 is 11.1 Å². The molecule has 0 amide bonds. The first-order valence-corrected chi connectivity index (χ1v) is 4.06. The van der Waals surface area contributed by atoms with Crippen LogP contribution in [0, 0.1) is 5.82 Å². The Bertz CT molecular complexity index is 318. The average Bonchev–Trinajstić information content (AvgIpc) is 2.05. The zero-order valence-electron chi connectivity index (χ0n) is 6.15. The molecule has 4 nitrogen and oxygen atoms in total. The highest BCUT2D eigenvalue weighted by molar-refractivity contribution is 7.79. The van der Waals surface area contributed by atoms with Gasteiger partial charge in [0.25, 0.3) is 0 Å². The summed E-state index contributed by atoms with van der Waals surface area (Å²) in [5.41, 5.74) is 0. The molecule has 1 unspecified atom stereocenters. The van der Waals surface area contributed by atoms with Crippen LogP contribution in [0.4, 0.5) is 4.39 Å². The number of ether oxygens (including phenoxy) is 1. The number of rotatable bonds is 2. The minimum absolute atomic E-state index is 0.105. The quantitative estimate of drug-likeness (QED) is 0.703. The van der Waals surface area contributed by atoms with Gasteiger partial charge in [-0.3, -0.25) is 0 Å². The van der Waals surface area contributed by atoms with E-state index < -0.39 is 16.9 Å². The Hall–Kier alpha value is -1.01. The van der Waals surface area contributed by atoms with Crippen molar-refractivity contribution in [1.82, 2.24) is 4.98 Å². The Morgan fingerprint density at radius 1 is 1.75 bits per heavy atom. The van der Waals surface area contributed by atoms with Gasteiger partial charge in [0, 0.05) is 6.07 Å². The zero-order valence-corrected chi connectivity index (χ0v) is 6.97. The molecule has 1 aromatic rings. The zero-order chi connectivity index (χ0) is 9.14. The predicted molar refractivity (Wildman–Crippen MR) is 39.8 cm³/mol. The van der Waals surface area contributed by atoms with Crippen molar-refractivity contribution in [3.63, 3.8) is 0 Å². The first-order chi connectivity index (χ1) is 5.65. The fourth-order valence-electron chi connectivity index (χ4n) is 0.648. The topological polar surface area (TPSA) is 59.4 Å². The van der Waals surface area contributed by atoms with Crippen LogP contribution >= 0.6 is 0 Å². The number of methoxy groups -OCH3 is 1. The van der Waals surface area contributed by atoms with E-state index in [1.807, 2.05) is 0 Å². The summed E-state index contributed by atoms with van der Waals surface area (Å²) in [6.07, 6.45) is 0.836. The fourth-order valence-corrected chi connectivity index (χ4v) is 1.07. The molecule has 0 spiro atoms. The lowest BCUT2D eigenvalue weighted by Gasteiger charge is -2.00. The van der Waals surface area contributed by atoms with Gasteiger partial charge in [-0.15, -0.1) is 0 Å². The first kappa shape index (κ1) is 9.08. The van der Waals surface area contributed by atoms with Gasteiger partial charge in [-0.2, -0.15) is 0 Å². The van der Waals surface area contributed by atoms with Crippen LogP contribution in [0.25, 0.3) is 0 Å². The Balaban J connectivity index is 3.17. The number of halogens is 1. The lowest BCUT2D eigenvalue weighted by Crippen LogP contribution is -1.96. The van der Waals surface area contributed by atoms with E-state index in [-0.39, 0.29) is 10.8 Å². The molecular weight excluding hydrogens is 185 g/mol. The van der Waals surface area contributed by atoms with Crippen LogP contribution in [0.15, 0.2) is 17.2 Å². The summed E-state index contributed by atoms with van der Waals surface area (Å²) in [5, 5.41) is 0. The van der Waals surface area contributed by atoms with Crippen LogP contribution in [-0.4, -0.2) is 20.9 Å². The molecule has 0 aromatic carbocycles. The SMILES string of the molecule is COc1cc(S(=O)O)c(F)cn1. The highest BCUT2D eigenvalue weighted by Crippen LogP contribution is 2.15. The van der Waals surface area contributed by atoms with Gasteiger partial charge >= 0.3 is 0 Å². The van der Waals surface area contributed by atoms with Crippen molar-refractivity contribution in [3.8, 4) is 5.88 Å². The molecule has 1 atom stereocenters. The summed E-state index contributed by atoms with van der Waals surface area (Å²) in [6.45, 7) is 0. The second kappa shape index (κ2) is 3.59. The molecule has 1 heterocycles. The summed E-state index contributed by atoms with van der Waals surface area (Å²) in [5.74, 6) is -0.717. The summed E-state index contributed by atoms with van der Waals surface area (Å²) in [6, 6.07) is 1.07. The summed E-state index contributed by atoms with van der Waals surface area (Å²) < 4.78 is 36.4. The van der Waals surface area contributed by atoms with Crippen LogP contribution in [0.2, 0.25) is 0 Å². The molecule has 0 aliphatic carbocycles. The number of pyridine rings is 1. The molecular formula is C6H6FNO3S. The second-order valence-corrected chi connectivity index (χ2v) is 2.84. The largest absolute Gasteiger partial charge is 0.481 e. The van der Waals surface area contributed by atoms with E-state index in [0.29, 0.717) is 0 Å². The molecule has 1 N–H and O–H groups in total. The Morgan fingerprint density at radius 3 is 2.92 bits per heavy atom. The normalized spacial score (nSPS) is 12.6. The van der Waals surface area contributed by atoms with Crippen molar-refractivity contribution < 1.29 is 17.9 Å². The predicted octanol–water partition coefficient (Wildman–Crippen LogP) is 0.810. The molecule has 0 saturated heterocycles. The first-order valence-electron chi connectivity index (χ1n) is 2.95. The lowest BCUT2D eigenvalue weighted by atomic mass is 10.5. The van der Waals surface area contributed by atoms with Crippen LogP contribution in [0.3, 0.4) is 0 Å². The maximum atomic E-state index is 12.7. The maximum absolute atomic E-state index is 12.7. The molecule has 0 aliphatic heterocycles. The number of nitrogens with zero attached hydrogens (tertiary/aromatic N) is 1. The average molecular weight is 191 g/mol. The highest BCUT2D eigenvalue weighted by atomic mass is 32.2. The smallest absolute Gasteiger partial charge is 0.214 e. The third kappa shape index (κ3) is 1.77. The van der Waals surface area contributed by atoms with Crippen LogP contribution in [0.5, 0.6) is 5.88 Å². The fraction of sp³-hybridized carbons (Fsp3) is 0.167. The van der Waals surface area contributed by atoms with Gasteiger partial charge in [0.15, 0.2) is 16.9 Å². The van der Waals surface area contributed by atoms with Gasteiger partial charge in [0.1, 0.15) is 4.90 Å². The molecule has 66 valence electrons. The van der Waals surface area contributed by atoms with Crippen molar-refractivity contribution in [3.05, 3.63) is 18.1 Å². The minimum Gasteiger partial charge on any atom is -0.481 e. The molecule has 6 heteroatoms. The van der Waals surface area contributed by atoms with E-state index in [9.17, 15) is 8.60 Å². The number of hydrogen-bond acceptors (Lipinski definition) is 3. The van der Waals surface area contributed by atoms with Gasteiger partial charge in [-0.05, 0) is 0 Å². The van der Waals surface area contributed by atoms with Crippen molar-refractivity contribution in [1.29, 1.82) is 0 Å².